The zero-order valence-corrected chi connectivity index (χ0v) is 13.6. The molecule has 0 aliphatic rings. The minimum absolute atomic E-state index is 0.0881. The van der Waals surface area contributed by atoms with Crippen molar-refractivity contribution in [2.45, 2.75) is 26.0 Å². The van der Waals surface area contributed by atoms with E-state index in [2.05, 4.69) is 21.2 Å². The van der Waals surface area contributed by atoms with Crippen molar-refractivity contribution >= 4 is 21.8 Å². The van der Waals surface area contributed by atoms with Crippen LogP contribution in [-0.2, 0) is 4.79 Å². The highest BCUT2D eigenvalue weighted by atomic mass is 79.9. The quantitative estimate of drug-likeness (QED) is 0.884. The Kier molecular flexibility index (Phi) is 5.39. The molecular weight excluding hydrogens is 330 g/mol. The molecule has 2 atom stereocenters. The summed E-state index contributed by atoms with van der Waals surface area (Å²) in [7, 11) is 0. The van der Waals surface area contributed by atoms with E-state index in [-0.39, 0.29) is 11.9 Å². The topological polar surface area (TPSA) is 38.3 Å². The van der Waals surface area contributed by atoms with Crippen molar-refractivity contribution in [3.63, 3.8) is 0 Å². The second-order valence-corrected chi connectivity index (χ2v) is 5.68. The molecule has 0 heterocycles. The fourth-order valence-electron chi connectivity index (χ4n) is 1.99. The molecule has 2 unspecified atom stereocenters. The van der Waals surface area contributed by atoms with Crippen LogP contribution in [0.1, 0.15) is 25.5 Å². The summed E-state index contributed by atoms with van der Waals surface area (Å²) in [5.41, 5.74) is 1.04. The minimum atomic E-state index is -0.544. The Balaban J connectivity index is 1.96. The van der Waals surface area contributed by atoms with E-state index in [9.17, 15) is 4.79 Å². The Morgan fingerprint density at radius 2 is 1.67 bits per heavy atom. The molecule has 21 heavy (non-hydrogen) atoms. The lowest BCUT2D eigenvalue weighted by atomic mass is 10.1. The zero-order chi connectivity index (χ0) is 15.2. The van der Waals surface area contributed by atoms with Gasteiger partial charge in [-0.05, 0) is 37.6 Å². The molecular formula is C17H18BrNO2. The summed E-state index contributed by atoms with van der Waals surface area (Å²) in [5, 5.41) is 2.96. The maximum Gasteiger partial charge on any atom is 0.261 e. The van der Waals surface area contributed by atoms with Crippen molar-refractivity contribution < 1.29 is 9.53 Å². The average Bonchev–Trinajstić information content (AvgIpc) is 2.48. The molecule has 0 saturated heterocycles. The van der Waals surface area contributed by atoms with Crippen LogP contribution in [0, 0.1) is 0 Å². The molecule has 2 rings (SSSR count). The first kappa shape index (κ1) is 15.6. The fraction of sp³-hybridized carbons (Fsp3) is 0.235. The first-order chi connectivity index (χ1) is 10.1. The molecule has 0 spiro atoms. The van der Waals surface area contributed by atoms with Gasteiger partial charge < -0.3 is 10.1 Å². The van der Waals surface area contributed by atoms with Crippen LogP contribution in [0.15, 0.2) is 59.1 Å². The van der Waals surface area contributed by atoms with Crippen molar-refractivity contribution in [1.29, 1.82) is 0 Å². The van der Waals surface area contributed by atoms with E-state index < -0.39 is 6.10 Å². The van der Waals surface area contributed by atoms with Gasteiger partial charge in [0.2, 0.25) is 0 Å². The first-order valence-corrected chi connectivity index (χ1v) is 7.63. The monoisotopic (exact) mass is 347 g/mol. The molecule has 1 N–H and O–H groups in total. The first-order valence-electron chi connectivity index (χ1n) is 6.84. The Morgan fingerprint density at radius 1 is 1.05 bits per heavy atom. The number of benzene rings is 2. The third-order valence-electron chi connectivity index (χ3n) is 3.16. The Hall–Kier alpha value is -1.81. The molecule has 0 saturated carbocycles. The van der Waals surface area contributed by atoms with Crippen LogP contribution in [0.4, 0.5) is 0 Å². The van der Waals surface area contributed by atoms with Crippen LogP contribution < -0.4 is 10.1 Å². The molecule has 0 aliphatic heterocycles. The van der Waals surface area contributed by atoms with E-state index in [0.717, 1.165) is 10.0 Å². The number of para-hydroxylation sites is 1. The van der Waals surface area contributed by atoms with Crippen molar-refractivity contribution in [3.05, 3.63) is 64.6 Å². The van der Waals surface area contributed by atoms with Crippen LogP contribution in [0.5, 0.6) is 5.75 Å². The van der Waals surface area contributed by atoms with E-state index >= 15 is 0 Å². The van der Waals surface area contributed by atoms with Crippen LogP contribution in [0.25, 0.3) is 0 Å². The molecule has 4 heteroatoms. The van der Waals surface area contributed by atoms with E-state index in [1.807, 2.05) is 61.5 Å². The molecule has 2 aromatic rings. The van der Waals surface area contributed by atoms with Crippen LogP contribution in [0.2, 0.25) is 0 Å². The van der Waals surface area contributed by atoms with Crippen molar-refractivity contribution in [1.82, 2.24) is 5.32 Å². The molecule has 1 amide bonds. The maximum atomic E-state index is 12.2. The molecule has 110 valence electrons. The third-order valence-corrected chi connectivity index (χ3v) is 3.88. The van der Waals surface area contributed by atoms with Crippen LogP contribution in [-0.4, -0.2) is 12.0 Å². The van der Waals surface area contributed by atoms with Crippen molar-refractivity contribution in [2.75, 3.05) is 0 Å². The number of amides is 1. The van der Waals surface area contributed by atoms with Gasteiger partial charge in [0, 0.05) is 4.47 Å². The van der Waals surface area contributed by atoms with E-state index in [4.69, 9.17) is 4.74 Å². The lowest BCUT2D eigenvalue weighted by Gasteiger charge is -2.19. The second-order valence-electron chi connectivity index (χ2n) is 4.82. The highest BCUT2D eigenvalue weighted by molar-refractivity contribution is 9.10. The number of hydrogen-bond acceptors (Lipinski definition) is 2. The van der Waals surface area contributed by atoms with Crippen molar-refractivity contribution in [3.8, 4) is 5.75 Å². The number of carbonyl (C=O) groups is 1. The SMILES string of the molecule is CC(Oc1ccccc1)C(=O)NC(C)c1ccccc1Br. The molecule has 0 aliphatic carbocycles. The molecule has 2 aromatic carbocycles. The summed E-state index contributed by atoms with van der Waals surface area (Å²) in [5.74, 6) is 0.552. The van der Waals surface area contributed by atoms with Gasteiger partial charge in [0.15, 0.2) is 6.10 Å². The van der Waals surface area contributed by atoms with Crippen LogP contribution in [0.3, 0.4) is 0 Å². The van der Waals surface area contributed by atoms with Gasteiger partial charge in [0.25, 0.3) is 5.91 Å². The van der Waals surface area contributed by atoms with Crippen molar-refractivity contribution in [2.24, 2.45) is 0 Å². The van der Waals surface area contributed by atoms with Gasteiger partial charge in [0.1, 0.15) is 5.75 Å². The van der Waals surface area contributed by atoms with Gasteiger partial charge in [-0.15, -0.1) is 0 Å². The normalized spacial score (nSPS) is 13.3. The largest absolute Gasteiger partial charge is 0.481 e. The summed E-state index contributed by atoms with van der Waals surface area (Å²) in [4.78, 5) is 12.2. The summed E-state index contributed by atoms with van der Waals surface area (Å²) in [6, 6.07) is 17.1. The lowest BCUT2D eigenvalue weighted by molar-refractivity contribution is -0.127. The fourth-order valence-corrected chi connectivity index (χ4v) is 2.62. The lowest BCUT2D eigenvalue weighted by Crippen LogP contribution is -2.37. The van der Waals surface area contributed by atoms with E-state index in [0.29, 0.717) is 5.75 Å². The standard InChI is InChI=1S/C17H18BrNO2/c1-12(15-10-6-7-11-16(15)18)19-17(20)13(2)21-14-8-4-3-5-9-14/h3-13H,1-2H3,(H,19,20). The molecule has 0 fully saturated rings. The van der Waals surface area contributed by atoms with Gasteiger partial charge >= 0.3 is 0 Å². The number of nitrogens with one attached hydrogen (secondary N) is 1. The highest BCUT2D eigenvalue weighted by Crippen LogP contribution is 2.22. The second kappa shape index (κ2) is 7.27. The number of hydrogen-bond donors (Lipinski definition) is 1. The number of rotatable bonds is 5. The Labute approximate surface area is 133 Å². The molecule has 0 bridgehead atoms. The Morgan fingerprint density at radius 3 is 2.33 bits per heavy atom. The maximum absolute atomic E-state index is 12.2. The minimum Gasteiger partial charge on any atom is -0.481 e. The smallest absolute Gasteiger partial charge is 0.261 e. The number of ether oxygens (including phenoxy) is 1. The summed E-state index contributed by atoms with van der Waals surface area (Å²) < 4.78 is 6.60. The average molecular weight is 348 g/mol. The number of halogens is 1. The van der Waals surface area contributed by atoms with Gasteiger partial charge in [-0.2, -0.15) is 0 Å². The van der Waals surface area contributed by atoms with E-state index in [1.165, 1.54) is 0 Å². The Bertz CT molecular complexity index is 601. The number of carbonyl (C=O) groups excluding carboxylic acids is 1. The molecule has 0 radical (unpaired) electrons. The van der Waals surface area contributed by atoms with Gasteiger partial charge in [-0.25, -0.2) is 0 Å². The molecule has 3 nitrogen and oxygen atoms in total. The summed E-state index contributed by atoms with van der Waals surface area (Å²) >= 11 is 3.50. The summed E-state index contributed by atoms with van der Waals surface area (Å²) in [6.07, 6.45) is -0.544. The van der Waals surface area contributed by atoms with Gasteiger partial charge in [-0.3, -0.25) is 4.79 Å². The highest BCUT2D eigenvalue weighted by Gasteiger charge is 2.18. The molecule has 0 aromatic heterocycles. The predicted molar refractivity (Wildman–Crippen MR) is 87.2 cm³/mol. The summed E-state index contributed by atoms with van der Waals surface area (Å²) in [6.45, 7) is 3.70. The third kappa shape index (κ3) is 4.33. The van der Waals surface area contributed by atoms with Gasteiger partial charge in [-0.1, -0.05) is 52.3 Å². The van der Waals surface area contributed by atoms with Gasteiger partial charge in [0.05, 0.1) is 6.04 Å². The van der Waals surface area contributed by atoms with E-state index in [1.54, 1.807) is 6.92 Å². The zero-order valence-electron chi connectivity index (χ0n) is 12.0. The van der Waals surface area contributed by atoms with Crippen LogP contribution >= 0.6 is 15.9 Å². The predicted octanol–water partition coefficient (Wildman–Crippen LogP) is 4.09.